The molecule has 0 spiro atoms. The van der Waals surface area contributed by atoms with Gasteiger partial charge in [-0.3, -0.25) is 0 Å². The van der Waals surface area contributed by atoms with Crippen LogP contribution in [0.2, 0.25) is 0 Å². The lowest BCUT2D eigenvalue weighted by molar-refractivity contribution is -0.0314. The normalized spacial score (nSPS) is 15.0. The second-order valence-electron chi connectivity index (χ2n) is 3.40. The molecule has 68 valence electrons. The Kier molecular flexibility index (Phi) is 4.66. The molecule has 0 aliphatic heterocycles. The van der Waals surface area contributed by atoms with Crippen molar-refractivity contribution in [1.29, 1.82) is 0 Å². The zero-order valence-corrected chi connectivity index (χ0v) is 7.98. The molecule has 1 unspecified atom stereocenters. The van der Waals surface area contributed by atoms with Crippen LogP contribution >= 0.6 is 0 Å². The van der Waals surface area contributed by atoms with E-state index in [1.807, 2.05) is 27.7 Å². The monoisotopic (exact) mass is 162 g/mol. The number of hydrogen-bond donors (Lipinski definition) is 0. The fraction of sp³-hybridized carbons (Fsp3) is 1.00. The van der Waals surface area contributed by atoms with Gasteiger partial charge >= 0.3 is 0 Å². The lowest BCUT2D eigenvalue weighted by Crippen LogP contribution is -2.28. The molecule has 0 radical (unpaired) electrons. The smallest absolute Gasteiger partial charge is 0.103 e. The molecule has 0 saturated heterocycles. The van der Waals surface area contributed by atoms with E-state index >= 15 is 0 Å². The first-order chi connectivity index (χ1) is 5.02. The lowest BCUT2D eigenvalue weighted by Gasteiger charge is -2.25. The molecule has 0 saturated carbocycles. The van der Waals surface area contributed by atoms with Crippen molar-refractivity contribution < 1.29 is 9.13 Å². The quantitative estimate of drug-likeness (QED) is 0.604. The highest BCUT2D eigenvalue weighted by Gasteiger charge is 2.21. The Morgan fingerprint density at radius 3 is 2.27 bits per heavy atom. The van der Waals surface area contributed by atoms with Crippen molar-refractivity contribution in [2.45, 2.75) is 52.3 Å². The molecule has 0 bridgehead atoms. The maximum absolute atomic E-state index is 12.9. The molecule has 11 heavy (non-hydrogen) atoms. The average molecular weight is 162 g/mol. The third kappa shape index (κ3) is 5.19. The first-order valence-electron chi connectivity index (χ1n) is 4.30. The van der Waals surface area contributed by atoms with Gasteiger partial charge in [0.15, 0.2) is 0 Å². The van der Waals surface area contributed by atoms with Gasteiger partial charge in [-0.2, -0.15) is 0 Å². The van der Waals surface area contributed by atoms with Gasteiger partial charge in [0.05, 0.1) is 5.60 Å². The highest BCUT2D eigenvalue weighted by atomic mass is 19.1. The molecule has 2 heteroatoms. The molecule has 1 atom stereocenters. The fourth-order valence-corrected chi connectivity index (χ4v) is 1.13. The molecule has 0 heterocycles. The molecule has 0 N–H and O–H groups in total. The number of hydrogen-bond acceptors (Lipinski definition) is 1. The number of ether oxygens (including phenoxy) is 1. The van der Waals surface area contributed by atoms with Crippen LogP contribution in [-0.4, -0.2) is 18.4 Å². The molecule has 1 nitrogen and oxygen atoms in total. The van der Waals surface area contributed by atoms with Crippen molar-refractivity contribution in [1.82, 2.24) is 0 Å². The average Bonchev–Trinajstić information content (AvgIpc) is 1.86. The van der Waals surface area contributed by atoms with Crippen LogP contribution in [0.1, 0.15) is 40.5 Å². The summed E-state index contributed by atoms with van der Waals surface area (Å²) in [5.74, 6) is 0. The molecule has 0 aromatic carbocycles. The van der Waals surface area contributed by atoms with Crippen molar-refractivity contribution in [3.05, 3.63) is 0 Å². The van der Waals surface area contributed by atoms with E-state index in [1.165, 1.54) is 0 Å². The van der Waals surface area contributed by atoms with E-state index in [2.05, 4.69) is 0 Å². The third-order valence-corrected chi connectivity index (χ3v) is 1.69. The van der Waals surface area contributed by atoms with E-state index in [0.717, 1.165) is 0 Å². The van der Waals surface area contributed by atoms with Gasteiger partial charge in [-0.1, -0.05) is 6.92 Å². The maximum Gasteiger partial charge on any atom is 0.103 e. The first kappa shape index (κ1) is 10.9. The summed E-state index contributed by atoms with van der Waals surface area (Å²) in [6.07, 6.45) is 0.352. The van der Waals surface area contributed by atoms with Crippen LogP contribution in [0.15, 0.2) is 0 Å². The van der Waals surface area contributed by atoms with E-state index in [4.69, 9.17) is 4.74 Å². The standard InChI is InChI=1S/C9H19FO/c1-5-8(10)7-9(3,4)11-6-2/h8H,5-7H2,1-4H3. The van der Waals surface area contributed by atoms with Crippen LogP contribution in [0.4, 0.5) is 4.39 Å². The molecule has 0 aliphatic rings. The SMILES string of the molecule is CCOC(C)(C)CC(F)CC. The van der Waals surface area contributed by atoms with Gasteiger partial charge in [0.2, 0.25) is 0 Å². The minimum Gasteiger partial charge on any atom is -0.376 e. The Bertz CT molecular complexity index is 102. The topological polar surface area (TPSA) is 9.23 Å². The lowest BCUT2D eigenvalue weighted by atomic mass is 10.0. The van der Waals surface area contributed by atoms with Gasteiger partial charge in [0, 0.05) is 13.0 Å². The Morgan fingerprint density at radius 1 is 1.36 bits per heavy atom. The highest BCUT2D eigenvalue weighted by Crippen LogP contribution is 2.19. The second kappa shape index (κ2) is 4.70. The Morgan fingerprint density at radius 2 is 1.91 bits per heavy atom. The van der Waals surface area contributed by atoms with Crippen LogP contribution in [0.3, 0.4) is 0 Å². The number of rotatable bonds is 5. The summed E-state index contributed by atoms with van der Waals surface area (Å²) in [4.78, 5) is 0. The Balaban J connectivity index is 3.70. The van der Waals surface area contributed by atoms with E-state index < -0.39 is 6.17 Å². The fourth-order valence-electron chi connectivity index (χ4n) is 1.13. The first-order valence-corrected chi connectivity index (χ1v) is 4.30. The van der Waals surface area contributed by atoms with Crippen LogP contribution in [0.25, 0.3) is 0 Å². The number of alkyl halides is 1. The summed E-state index contributed by atoms with van der Waals surface area (Å²) >= 11 is 0. The van der Waals surface area contributed by atoms with E-state index in [1.54, 1.807) is 0 Å². The highest BCUT2D eigenvalue weighted by molar-refractivity contribution is 4.72. The van der Waals surface area contributed by atoms with Crippen molar-refractivity contribution in [2.24, 2.45) is 0 Å². The van der Waals surface area contributed by atoms with Gasteiger partial charge in [0.25, 0.3) is 0 Å². The second-order valence-corrected chi connectivity index (χ2v) is 3.40. The minimum atomic E-state index is -0.725. The predicted molar refractivity (Wildman–Crippen MR) is 45.5 cm³/mol. The van der Waals surface area contributed by atoms with Crippen molar-refractivity contribution in [3.8, 4) is 0 Å². The van der Waals surface area contributed by atoms with Crippen LogP contribution in [0.5, 0.6) is 0 Å². The summed E-state index contributed by atoms with van der Waals surface area (Å²) < 4.78 is 18.2. The summed E-state index contributed by atoms with van der Waals surface area (Å²) in [6.45, 7) is 8.30. The van der Waals surface area contributed by atoms with Gasteiger partial charge in [-0.05, 0) is 27.2 Å². The summed E-state index contributed by atoms with van der Waals surface area (Å²) in [7, 11) is 0. The molecule has 0 aliphatic carbocycles. The maximum atomic E-state index is 12.9. The molecule has 0 fully saturated rings. The molecule has 0 aromatic heterocycles. The van der Waals surface area contributed by atoms with Crippen LogP contribution in [0, 0.1) is 0 Å². The number of halogens is 1. The summed E-state index contributed by atoms with van der Waals surface area (Å²) in [5, 5.41) is 0. The summed E-state index contributed by atoms with van der Waals surface area (Å²) in [6, 6.07) is 0. The van der Waals surface area contributed by atoms with Crippen molar-refractivity contribution in [3.63, 3.8) is 0 Å². The molecular formula is C9H19FO. The van der Waals surface area contributed by atoms with Crippen molar-refractivity contribution >= 4 is 0 Å². The zero-order valence-electron chi connectivity index (χ0n) is 7.98. The molecule has 0 rings (SSSR count). The van der Waals surface area contributed by atoms with E-state index in [0.29, 0.717) is 19.4 Å². The van der Waals surface area contributed by atoms with E-state index in [-0.39, 0.29) is 5.60 Å². The molecule has 0 amide bonds. The van der Waals surface area contributed by atoms with Crippen molar-refractivity contribution in [2.75, 3.05) is 6.61 Å². The van der Waals surface area contributed by atoms with Gasteiger partial charge in [-0.15, -0.1) is 0 Å². The van der Waals surface area contributed by atoms with E-state index in [9.17, 15) is 4.39 Å². The third-order valence-electron chi connectivity index (χ3n) is 1.69. The van der Waals surface area contributed by atoms with Crippen LogP contribution in [-0.2, 0) is 4.74 Å². The van der Waals surface area contributed by atoms with Gasteiger partial charge in [0.1, 0.15) is 6.17 Å². The van der Waals surface area contributed by atoms with Gasteiger partial charge in [-0.25, -0.2) is 4.39 Å². The van der Waals surface area contributed by atoms with Gasteiger partial charge < -0.3 is 4.74 Å². The predicted octanol–water partition coefficient (Wildman–Crippen LogP) is 2.94. The Labute approximate surface area is 68.9 Å². The molecule has 0 aromatic rings. The van der Waals surface area contributed by atoms with Crippen LogP contribution < -0.4 is 0 Å². The minimum absolute atomic E-state index is 0.301. The Hall–Kier alpha value is -0.110. The largest absolute Gasteiger partial charge is 0.376 e. The molecular weight excluding hydrogens is 143 g/mol. The summed E-state index contributed by atoms with van der Waals surface area (Å²) in [5.41, 5.74) is -0.301. The zero-order chi connectivity index (χ0) is 8.91.